The number of carbonyl (C=O) groups is 3. The van der Waals surface area contributed by atoms with Gasteiger partial charge in [0.1, 0.15) is 11.8 Å². The van der Waals surface area contributed by atoms with Gasteiger partial charge in [0.15, 0.2) is 6.61 Å². The van der Waals surface area contributed by atoms with Crippen molar-refractivity contribution in [3.8, 4) is 5.75 Å². The SMILES string of the molecule is CCCCCCCCCCCCOC(=O)CC1C(=O)NCCN1C(=O)COc1ccc(C(C)(C)C)cc1Br. The molecule has 1 aliphatic heterocycles. The maximum atomic E-state index is 13.0. The summed E-state index contributed by atoms with van der Waals surface area (Å²) in [6, 6.07) is 4.92. The number of piperazine rings is 1. The van der Waals surface area contributed by atoms with Crippen LogP contribution in [-0.4, -0.2) is 55.0 Å². The molecule has 38 heavy (non-hydrogen) atoms. The zero-order chi connectivity index (χ0) is 28.0. The van der Waals surface area contributed by atoms with Gasteiger partial charge < -0.3 is 19.7 Å². The minimum atomic E-state index is -0.883. The molecule has 1 aromatic carbocycles. The summed E-state index contributed by atoms with van der Waals surface area (Å²) in [5.41, 5.74) is 1.14. The topological polar surface area (TPSA) is 84.9 Å². The second kappa shape index (κ2) is 16.8. The van der Waals surface area contributed by atoms with Crippen LogP contribution in [0.4, 0.5) is 0 Å². The summed E-state index contributed by atoms with van der Waals surface area (Å²) in [5, 5.41) is 2.75. The molecule has 0 aliphatic carbocycles. The van der Waals surface area contributed by atoms with E-state index < -0.39 is 12.0 Å². The fourth-order valence-corrected chi connectivity index (χ4v) is 5.01. The molecule has 7 nitrogen and oxygen atoms in total. The van der Waals surface area contributed by atoms with Gasteiger partial charge in [0.2, 0.25) is 5.91 Å². The highest BCUT2D eigenvalue weighted by Crippen LogP contribution is 2.31. The zero-order valence-electron chi connectivity index (χ0n) is 23.8. The first kappa shape index (κ1) is 32.1. The van der Waals surface area contributed by atoms with E-state index in [9.17, 15) is 14.4 Å². The molecule has 2 amide bonds. The van der Waals surface area contributed by atoms with Crippen molar-refractivity contribution < 1.29 is 23.9 Å². The van der Waals surface area contributed by atoms with E-state index in [0.29, 0.717) is 25.4 Å². The molecule has 1 N–H and O–H groups in total. The Hall–Kier alpha value is -2.09. The third-order valence-corrected chi connectivity index (χ3v) is 7.54. The first-order valence-corrected chi connectivity index (χ1v) is 15.1. The number of benzene rings is 1. The van der Waals surface area contributed by atoms with E-state index in [4.69, 9.17) is 9.47 Å². The summed E-state index contributed by atoms with van der Waals surface area (Å²) in [5.74, 6) is -0.571. The van der Waals surface area contributed by atoms with Crippen LogP contribution in [-0.2, 0) is 24.5 Å². The van der Waals surface area contributed by atoms with Crippen LogP contribution in [0.15, 0.2) is 22.7 Å². The van der Waals surface area contributed by atoms with Gasteiger partial charge in [-0.25, -0.2) is 0 Å². The van der Waals surface area contributed by atoms with Crippen LogP contribution < -0.4 is 10.1 Å². The fraction of sp³-hybridized carbons (Fsp3) is 0.700. The molecule has 1 fully saturated rings. The van der Waals surface area contributed by atoms with Crippen molar-refractivity contribution in [2.24, 2.45) is 0 Å². The van der Waals surface area contributed by atoms with Crippen molar-refractivity contribution in [3.05, 3.63) is 28.2 Å². The van der Waals surface area contributed by atoms with E-state index in [1.807, 2.05) is 18.2 Å². The number of rotatable bonds is 16. The summed E-state index contributed by atoms with van der Waals surface area (Å²) in [7, 11) is 0. The van der Waals surface area contributed by atoms with Gasteiger partial charge in [0.25, 0.3) is 5.91 Å². The Morgan fingerprint density at radius 1 is 1.03 bits per heavy atom. The molecule has 1 saturated heterocycles. The van der Waals surface area contributed by atoms with E-state index in [1.54, 1.807) is 0 Å². The van der Waals surface area contributed by atoms with Crippen molar-refractivity contribution in [2.45, 2.75) is 110 Å². The number of halogens is 1. The zero-order valence-corrected chi connectivity index (χ0v) is 25.4. The quantitative estimate of drug-likeness (QED) is 0.179. The third kappa shape index (κ3) is 11.3. The van der Waals surface area contributed by atoms with Crippen LogP contribution in [0, 0.1) is 0 Å². The Morgan fingerprint density at radius 3 is 2.26 bits per heavy atom. The van der Waals surface area contributed by atoms with Gasteiger partial charge in [-0.3, -0.25) is 14.4 Å². The van der Waals surface area contributed by atoms with Crippen molar-refractivity contribution in [1.82, 2.24) is 10.2 Å². The summed E-state index contributed by atoms with van der Waals surface area (Å²) in [4.78, 5) is 39.3. The van der Waals surface area contributed by atoms with E-state index in [-0.39, 0.29) is 30.3 Å². The number of nitrogens with zero attached hydrogens (tertiary/aromatic N) is 1. The Balaban J connectivity index is 1.74. The van der Waals surface area contributed by atoms with E-state index in [1.165, 1.54) is 49.8 Å². The molecule has 214 valence electrons. The molecule has 0 spiro atoms. The summed E-state index contributed by atoms with van der Waals surface area (Å²) in [6.45, 7) is 9.42. The highest BCUT2D eigenvalue weighted by Gasteiger charge is 2.35. The normalized spacial score (nSPS) is 15.8. The third-order valence-electron chi connectivity index (χ3n) is 6.92. The lowest BCUT2D eigenvalue weighted by Crippen LogP contribution is -2.58. The minimum Gasteiger partial charge on any atom is -0.483 e. The molecule has 0 bridgehead atoms. The second-order valence-electron chi connectivity index (χ2n) is 11.2. The molecule has 0 saturated carbocycles. The minimum absolute atomic E-state index is 0.00653. The van der Waals surface area contributed by atoms with Gasteiger partial charge >= 0.3 is 5.97 Å². The monoisotopic (exact) mass is 594 g/mol. The summed E-state index contributed by atoms with van der Waals surface area (Å²) < 4.78 is 11.9. The average molecular weight is 596 g/mol. The largest absolute Gasteiger partial charge is 0.483 e. The van der Waals surface area contributed by atoms with Crippen LogP contribution in [0.1, 0.15) is 104 Å². The Kier molecular flexibility index (Phi) is 14.2. The maximum Gasteiger partial charge on any atom is 0.308 e. The fourth-order valence-electron chi connectivity index (χ4n) is 4.52. The molecule has 1 unspecified atom stereocenters. The average Bonchev–Trinajstić information content (AvgIpc) is 2.87. The smallest absolute Gasteiger partial charge is 0.308 e. The van der Waals surface area contributed by atoms with Crippen molar-refractivity contribution in [2.75, 3.05) is 26.3 Å². The van der Waals surface area contributed by atoms with Gasteiger partial charge in [-0.2, -0.15) is 0 Å². The van der Waals surface area contributed by atoms with Crippen molar-refractivity contribution in [3.63, 3.8) is 0 Å². The Morgan fingerprint density at radius 2 is 1.66 bits per heavy atom. The molecule has 1 atom stereocenters. The lowest BCUT2D eigenvalue weighted by molar-refractivity contribution is -0.152. The second-order valence-corrected chi connectivity index (χ2v) is 12.0. The van der Waals surface area contributed by atoms with Crippen molar-refractivity contribution >= 4 is 33.7 Å². The number of esters is 1. The molecule has 0 radical (unpaired) electrons. The number of nitrogens with one attached hydrogen (secondary N) is 1. The Labute approximate surface area is 237 Å². The maximum absolute atomic E-state index is 13.0. The van der Waals surface area contributed by atoms with Crippen LogP contribution in [0.2, 0.25) is 0 Å². The van der Waals surface area contributed by atoms with Gasteiger partial charge in [0.05, 0.1) is 17.5 Å². The molecule has 1 aromatic rings. The van der Waals surface area contributed by atoms with Gasteiger partial charge in [-0.05, 0) is 45.5 Å². The number of carbonyl (C=O) groups excluding carboxylic acids is 3. The van der Waals surface area contributed by atoms with Crippen LogP contribution in [0.3, 0.4) is 0 Å². The van der Waals surface area contributed by atoms with Crippen LogP contribution in [0.5, 0.6) is 5.75 Å². The van der Waals surface area contributed by atoms with Gasteiger partial charge in [-0.1, -0.05) is 91.5 Å². The number of amides is 2. The first-order chi connectivity index (χ1) is 18.1. The van der Waals surface area contributed by atoms with Crippen LogP contribution >= 0.6 is 15.9 Å². The molecular weight excluding hydrogens is 548 g/mol. The highest BCUT2D eigenvalue weighted by atomic mass is 79.9. The van der Waals surface area contributed by atoms with E-state index >= 15 is 0 Å². The molecular formula is C30H47BrN2O5. The number of hydrogen-bond donors (Lipinski definition) is 1. The Bertz CT molecular complexity index is 899. The number of hydrogen-bond acceptors (Lipinski definition) is 5. The van der Waals surface area contributed by atoms with Crippen molar-refractivity contribution in [1.29, 1.82) is 0 Å². The molecule has 2 rings (SSSR count). The molecule has 1 heterocycles. The van der Waals surface area contributed by atoms with E-state index in [2.05, 4.69) is 48.9 Å². The highest BCUT2D eigenvalue weighted by molar-refractivity contribution is 9.10. The molecule has 1 aliphatic rings. The lowest BCUT2D eigenvalue weighted by atomic mass is 9.87. The predicted molar refractivity (Wildman–Crippen MR) is 154 cm³/mol. The van der Waals surface area contributed by atoms with Gasteiger partial charge in [-0.15, -0.1) is 0 Å². The molecule has 0 aromatic heterocycles. The van der Waals surface area contributed by atoms with Gasteiger partial charge in [0, 0.05) is 13.1 Å². The lowest BCUT2D eigenvalue weighted by Gasteiger charge is -2.34. The summed E-state index contributed by atoms with van der Waals surface area (Å²) in [6.07, 6.45) is 11.9. The first-order valence-electron chi connectivity index (χ1n) is 14.3. The number of ether oxygens (including phenoxy) is 2. The number of unbranched alkanes of at least 4 members (excludes halogenated alkanes) is 9. The van der Waals surface area contributed by atoms with Crippen LogP contribution in [0.25, 0.3) is 0 Å². The predicted octanol–water partition coefficient (Wildman–Crippen LogP) is 6.31. The standard InChI is InChI=1S/C30H47BrN2O5/c1-5-6-7-8-9-10-11-12-13-14-19-37-28(35)21-25-29(36)32-17-18-33(25)27(34)22-38-26-16-15-23(20-24(26)31)30(2,3)4/h15-16,20,25H,5-14,17-19,21-22H2,1-4H3,(H,32,36). The molecule has 8 heteroatoms. The summed E-state index contributed by atoms with van der Waals surface area (Å²) >= 11 is 3.52. The van der Waals surface area contributed by atoms with E-state index in [0.717, 1.165) is 29.3 Å².